The molecule has 4 heteroatoms. The predicted molar refractivity (Wildman–Crippen MR) is 16.7 cm³/mol. The summed E-state index contributed by atoms with van der Waals surface area (Å²) < 4.78 is 0. The van der Waals surface area contributed by atoms with Gasteiger partial charge in [-0.1, -0.05) is 7.43 Å². The van der Waals surface area contributed by atoms with E-state index in [1.54, 1.807) is 0 Å². The first-order valence-corrected chi connectivity index (χ1v) is 0. The SMILES string of the molecule is B.C.[Cr].[Fe].[Mo]. The van der Waals surface area contributed by atoms with E-state index in [9.17, 15) is 0 Å². The van der Waals surface area contributed by atoms with Gasteiger partial charge in [0.05, 0.1) is 8.41 Å². The first-order valence-electron chi connectivity index (χ1n) is 0. The Hall–Kier alpha value is 1.81. The molecule has 0 unspecified atom stereocenters. The van der Waals surface area contributed by atoms with Gasteiger partial charge in [-0.05, 0) is 0 Å². The molecule has 0 rings (SSSR count). The van der Waals surface area contributed by atoms with E-state index in [1.165, 1.54) is 0 Å². The summed E-state index contributed by atoms with van der Waals surface area (Å²) in [4.78, 5) is 0. The van der Waals surface area contributed by atoms with Crippen molar-refractivity contribution >= 4 is 8.41 Å². The zero-order chi connectivity index (χ0) is 0. The molecule has 0 atom stereocenters. The van der Waals surface area contributed by atoms with Gasteiger partial charge in [-0.2, -0.15) is 0 Å². The number of hydrogen-bond donors (Lipinski definition) is 0. The fourth-order valence-corrected chi connectivity index (χ4v) is 0. The Labute approximate surface area is 70.9 Å². The Morgan fingerprint density at radius 2 is 1.00 bits per heavy atom. The summed E-state index contributed by atoms with van der Waals surface area (Å²) in [5.41, 5.74) is 0. The molecular formula is CH7BCrFeMo. The van der Waals surface area contributed by atoms with Crippen molar-refractivity contribution in [3.63, 3.8) is 0 Å². The molecule has 0 aromatic carbocycles. The minimum Gasteiger partial charge on any atom is -0.0776 e. The molecule has 0 aliphatic heterocycles. The van der Waals surface area contributed by atoms with Crippen molar-refractivity contribution < 1.29 is 55.5 Å². The van der Waals surface area contributed by atoms with Gasteiger partial charge in [0.2, 0.25) is 0 Å². The predicted octanol–water partition coefficient (Wildman–Crippen LogP) is -0.555. The van der Waals surface area contributed by atoms with Gasteiger partial charge in [-0.15, -0.1) is 0 Å². The van der Waals surface area contributed by atoms with Gasteiger partial charge in [0.15, 0.2) is 0 Å². The molecule has 0 bridgehead atoms. The summed E-state index contributed by atoms with van der Waals surface area (Å²) in [7, 11) is 0. The molecule has 0 radical (unpaired) electrons. The van der Waals surface area contributed by atoms with Gasteiger partial charge < -0.3 is 0 Å². The Bertz CT molecular complexity index is 11.6. The van der Waals surface area contributed by atoms with Crippen LogP contribution in [0.3, 0.4) is 0 Å². The first-order chi connectivity index (χ1) is 0. The molecule has 0 heterocycles. The molecule has 0 fully saturated rings. The smallest absolute Gasteiger partial charge is 0.0776 e. The zero-order valence-electron chi connectivity index (χ0n) is 1.17. The minimum atomic E-state index is 0. The van der Waals surface area contributed by atoms with E-state index in [2.05, 4.69) is 0 Å². The summed E-state index contributed by atoms with van der Waals surface area (Å²) in [6, 6.07) is 0. The minimum absolute atomic E-state index is 0. The third-order valence-corrected chi connectivity index (χ3v) is 0. The van der Waals surface area contributed by atoms with Gasteiger partial charge in [-0.3, -0.25) is 0 Å². The first kappa shape index (κ1) is 70.4. The van der Waals surface area contributed by atoms with Crippen LogP contribution in [0.1, 0.15) is 7.43 Å². The largest absolute Gasteiger partial charge is 0.0814 e. The molecule has 0 saturated heterocycles. The monoisotopic (exact) mass is 236 g/mol. The topological polar surface area (TPSA) is 0 Å². The van der Waals surface area contributed by atoms with E-state index in [-0.39, 0.29) is 71.3 Å². The van der Waals surface area contributed by atoms with E-state index < -0.39 is 0 Å². The van der Waals surface area contributed by atoms with Gasteiger partial charge in [0.1, 0.15) is 0 Å². The Kier molecular flexibility index (Phi) is 579. The summed E-state index contributed by atoms with van der Waals surface area (Å²) >= 11 is 0. The molecule has 0 amide bonds. The van der Waals surface area contributed by atoms with Gasteiger partial charge in [0, 0.05) is 55.5 Å². The van der Waals surface area contributed by atoms with E-state index in [0.717, 1.165) is 0 Å². The standard InChI is InChI=1S/CH4.BH3.Cr.Fe.Mo/h1H4;1H3;;;. The van der Waals surface area contributed by atoms with Crippen molar-refractivity contribution in [3.8, 4) is 0 Å². The van der Waals surface area contributed by atoms with E-state index in [0.29, 0.717) is 0 Å². The second-order valence-corrected chi connectivity index (χ2v) is 0. The van der Waals surface area contributed by atoms with E-state index in [4.69, 9.17) is 0 Å². The van der Waals surface area contributed by atoms with Crippen LogP contribution < -0.4 is 0 Å². The molecule has 0 aliphatic carbocycles. The van der Waals surface area contributed by atoms with Crippen LogP contribution in [-0.2, 0) is 55.5 Å². The molecule has 0 spiro atoms. The maximum Gasteiger partial charge on any atom is 0.0814 e. The number of rotatable bonds is 0. The molecule has 0 aliphatic rings. The van der Waals surface area contributed by atoms with Crippen LogP contribution in [0.5, 0.6) is 0 Å². The summed E-state index contributed by atoms with van der Waals surface area (Å²) in [5.74, 6) is 0. The van der Waals surface area contributed by atoms with Gasteiger partial charge >= 0.3 is 0 Å². The fraction of sp³-hybridized carbons (Fsp3) is 1.00. The van der Waals surface area contributed by atoms with Crippen LogP contribution in [0.15, 0.2) is 0 Å². The van der Waals surface area contributed by atoms with Crippen LogP contribution in [-0.4, -0.2) is 8.41 Å². The van der Waals surface area contributed by atoms with Crippen LogP contribution in [0.25, 0.3) is 0 Å². The third kappa shape index (κ3) is 25.8. The normalized spacial score (nSPS) is 0. The zero-order valence-corrected chi connectivity index (χ0v) is 5.56. The van der Waals surface area contributed by atoms with Crippen molar-refractivity contribution in [1.29, 1.82) is 0 Å². The maximum atomic E-state index is 0. The second kappa shape index (κ2) is 41.1. The molecule has 0 aromatic heterocycles. The van der Waals surface area contributed by atoms with Gasteiger partial charge in [-0.25, -0.2) is 0 Å². The fourth-order valence-electron chi connectivity index (χ4n) is 0. The third-order valence-electron chi connectivity index (χ3n) is 0. The molecule has 0 aromatic rings. The van der Waals surface area contributed by atoms with Crippen LogP contribution >= 0.6 is 0 Å². The van der Waals surface area contributed by atoms with Gasteiger partial charge in [0.25, 0.3) is 0 Å². The number of hydrogen-bond acceptors (Lipinski definition) is 0. The van der Waals surface area contributed by atoms with Crippen LogP contribution in [0.2, 0.25) is 0 Å². The average molecular weight is 234 g/mol. The maximum absolute atomic E-state index is 0. The summed E-state index contributed by atoms with van der Waals surface area (Å²) in [6.45, 7) is 0. The van der Waals surface area contributed by atoms with Crippen LogP contribution in [0, 0.1) is 0 Å². The molecule has 0 nitrogen and oxygen atoms in total. The van der Waals surface area contributed by atoms with Crippen LogP contribution in [0.4, 0.5) is 0 Å². The molecule has 0 saturated carbocycles. The summed E-state index contributed by atoms with van der Waals surface area (Å²) in [5, 5.41) is 0. The molecular weight excluding hydrogens is 227 g/mol. The summed E-state index contributed by atoms with van der Waals surface area (Å²) in [6.07, 6.45) is 0. The Balaban J connectivity index is 0. The van der Waals surface area contributed by atoms with Crippen molar-refractivity contribution in [1.82, 2.24) is 0 Å². The van der Waals surface area contributed by atoms with E-state index >= 15 is 0 Å². The average Bonchev–Trinajstić information content (AvgIpc) is 0. The second-order valence-electron chi connectivity index (χ2n) is 0. The molecule has 5 heavy (non-hydrogen) atoms. The van der Waals surface area contributed by atoms with Crippen molar-refractivity contribution in [2.75, 3.05) is 0 Å². The Morgan fingerprint density at radius 1 is 1.00 bits per heavy atom. The molecule has 0 N–H and O–H groups in total. The quantitative estimate of drug-likeness (QED) is 0.493. The Morgan fingerprint density at radius 3 is 1.00 bits per heavy atom. The van der Waals surface area contributed by atoms with E-state index in [1.807, 2.05) is 0 Å². The van der Waals surface area contributed by atoms with Crippen molar-refractivity contribution in [2.24, 2.45) is 0 Å². The van der Waals surface area contributed by atoms with Crippen molar-refractivity contribution in [2.45, 2.75) is 7.43 Å². The molecule has 34 valence electrons. The van der Waals surface area contributed by atoms with Crippen molar-refractivity contribution in [3.05, 3.63) is 0 Å².